The van der Waals surface area contributed by atoms with Gasteiger partial charge in [0.05, 0.1) is 12.8 Å². The molecule has 0 aliphatic rings. The maximum absolute atomic E-state index is 13.8. The smallest absolute Gasteiger partial charge is 0.352 e. The number of carboxylic acids is 1. The van der Waals surface area contributed by atoms with E-state index in [0.717, 1.165) is 0 Å². The van der Waals surface area contributed by atoms with Crippen LogP contribution < -0.4 is 4.74 Å². The molecule has 2 rings (SSSR count). The highest BCUT2D eigenvalue weighted by Gasteiger charge is 2.16. The molecule has 0 atom stereocenters. The van der Waals surface area contributed by atoms with E-state index in [1.165, 1.54) is 42.1 Å². The number of hydrogen-bond acceptors (Lipinski definition) is 2. The van der Waals surface area contributed by atoms with Gasteiger partial charge in [0.25, 0.3) is 0 Å². The second-order valence-electron chi connectivity index (χ2n) is 3.54. The van der Waals surface area contributed by atoms with E-state index in [1.807, 2.05) is 0 Å². The average Bonchev–Trinajstić information content (AvgIpc) is 2.72. The standard InChI is InChI=1S/C12H9BrFNO3/c1-18-8-2-3-9(14)10(5-8)15-6-7(13)4-11(15)12(16)17/h2-6H,1H3,(H,16,17). The van der Waals surface area contributed by atoms with E-state index in [0.29, 0.717) is 10.2 Å². The van der Waals surface area contributed by atoms with E-state index in [4.69, 9.17) is 9.84 Å². The Bertz CT molecular complexity index is 609. The van der Waals surface area contributed by atoms with E-state index in [1.54, 1.807) is 0 Å². The van der Waals surface area contributed by atoms with Crippen molar-refractivity contribution in [1.82, 2.24) is 4.57 Å². The third-order valence-corrected chi connectivity index (χ3v) is 2.85. The highest BCUT2D eigenvalue weighted by Crippen LogP contribution is 2.25. The number of benzene rings is 1. The van der Waals surface area contributed by atoms with E-state index in [9.17, 15) is 9.18 Å². The number of hydrogen-bond donors (Lipinski definition) is 1. The molecule has 0 amide bonds. The summed E-state index contributed by atoms with van der Waals surface area (Å²) in [6, 6.07) is 5.54. The predicted octanol–water partition coefficient (Wildman–Crippen LogP) is 3.09. The van der Waals surface area contributed by atoms with Gasteiger partial charge in [0.1, 0.15) is 17.3 Å². The summed E-state index contributed by atoms with van der Waals surface area (Å²) >= 11 is 3.17. The van der Waals surface area contributed by atoms with Gasteiger partial charge in [-0.25, -0.2) is 9.18 Å². The minimum absolute atomic E-state index is 0.0333. The molecular formula is C12H9BrFNO3. The van der Waals surface area contributed by atoms with Gasteiger partial charge in [-0.3, -0.25) is 0 Å². The first-order valence-corrected chi connectivity index (χ1v) is 5.77. The van der Waals surface area contributed by atoms with E-state index >= 15 is 0 Å². The summed E-state index contributed by atoms with van der Waals surface area (Å²) in [5, 5.41) is 9.06. The molecule has 94 valence electrons. The van der Waals surface area contributed by atoms with Crippen LogP contribution >= 0.6 is 15.9 Å². The minimum Gasteiger partial charge on any atom is -0.497 e. The first-order valence-electron chi connectivity index (χ1n) is 4.98. The fourth-order valence-electron chi connectivity index (χ4n) is 1.60. The Balaban J connectivity index is 2.64. The highest BCUT2D eigenvalue weighted by molar-refractivity contribution is 9.10. The Labute approximate surface area is 111 Å². The summed E-state index contributed by atoms with van der Waals surface area (Å²) in [6.45, 7) is 0. The molecule has 1 N–H and O–H groups in total. The van der Waals surface area contributed by atoms with Crippen LogP contribution in [0.5, 0.6) is 5.75 Å². The molecule has 0 spiro atoms. The molecule has 0 radical (unpaired) electrons. The lowest BCUT2D eigenvalue weighted by atomic mass is 10.2. The van der Waals surface area contributed by atoms with Crippen molar-refractivity contribution in [2.45, 2.75) is 0 Å². The molecule has 4 nitrogen and oxygen atoms in total. The second kappa shape index (κ2) is 4.81. The number of aromatic carboxylic acids is 1. The van der Waals surface area contributed by atoms with Gasteiger partial charge >= 0.3 is 5.97 Å². The number of halogens is 2. The zero-order valence-corrected chi connectivity index (χ0v) is 10.9. The van der Waals surface area contributed by atoms with Crippen molar-refractivity contribution in [3.8, 4) is 11.4 Å². The molecule has 18 heavy (non-hydrogen) atoms. The Morgan fingerprint density at radius 2 is 2.17 bits per heavy atom. The summed E-state index contributed by atoms with van der Waals surface area (Å²) < 4.78 is 20.6. The zero-order valence-electron chi connectivity index (χ0n) is 9.35. The zero-order chi connectivity index (χ0) is 13.3. The van der Waals surface area contributed by atoms with Crippen LogP contribution in [0.3, 0.4) is 0 Å². The number of rotatable bonds is 3. The SMILES string of the molecule is COc1ccc(F)c(-n2cc(Br)cc2C(=O)O)c1. The number of nitrogens with zero attached hydrogens (tertiary/aromatic N) is 1. The number of carboxylic acid groups (broad SMARTS) is 1. The quantitative estimate of drug-likeness (QED) is 0.947. The van der Waals surface area contributed by atoms with Gasteiger partial charge in [-0.15, -0.1) is 0 Å². The molecule has 0 saturated heterocycles. The van der Waals surface area contributed by atoms with Crippen LogP contribution in [0.15, 0.2) is 34.9 Å². The summed E-state index contributed by atoms with van der Waals surface area (Å²) in [4.78, 5) is 11.1. The van der Waals surface area contributed by atoms with Gasteiger partial charge in [0.15, 0.2) is 0 Å². The third kappa shape index (κ3) is 2.24. The van der Waals surface area contributed by atoms with Crippen LogP contribution in [0, 0.1) is 5.82 Å². The summed E-state index contributed by atoms with van der Waals surface area (Å²) in [6.07, 6.45) is 1.49. The van der Waals surface area contributed by atoms with Crippen molar-refractivity contribution in [1.29, 1.82) is 0 Å². The van der Waals surface area contributed by atoms with E-state index in [-0.39, 0.29) is 11.4 Å². The summed E-state index contributed by atoms with van der Waals surface area (Å²) in [7, 11) is 1.46. The second-order valence-corrected chi connectivity index (χ2v) is 4.45. The fraction of sp³-hybridized carbons (Fsp3) is 0.0833. The summed E-state index contributed by atoms with van der Waals surface area (Å²) in [5.41, 5.74) is 0.0893. The molecule has 0 bridgehead atoms. The molecule has 0 unspecified atom stereocenters. The Kier molecular flexibility index (Phi) is 3.38. The fourth-order valence-corrected chi connectivity index (χ4v) is 2.02. The van der Waals surface area contributed by atoms with Gasteiger partial charge in [-0.05, 0) is 34.1 Å². The molecule has 0 saturated carbocycles. The first-order chi connectivity index (χ1) is 8.52. The topological polar surface area (TPSA) is 51.5 Å². The Morgan fingerprint density at radius 3 is 2.78 bits per heavy atom. The van der Waals surface area contributed by atoms with Crippen LogP contribution in [0.1, 0.15) is 10.5 Å². The lowest BCUT2D eigenvalue weighted by Gasteiger charge is -2.09. The van der Waals surface area contributed by atoms with Crippen LogP contribution in [0.2, 0.25) is 0 Å². The molecule has 1 heterocycles. The van der Waals surface area contributed by atoms with E-state index in [2.05, 4.69) is 15.9 Å². The van der Waals surface area contributed by atoms with Crippen molar-refractivity contribution < 1.29 is 19.0 Å². The molecular weight excluding hydrogens is 305 g/mol. The lowest BCUT2D eigenvalue weighted by molar-refractivity contribution is 0.0688. The van der Waals surface area contributed by atoms with Crippen LogP contribution in [-0.2, 0) is 0 Å². The van der Waals surface area contributed by atoms with Crippen molar-refractivity contribution >= 4 is 21.9 Å². The van der Waals surface area contributed by atoms with Gasteiger partial charge in [0.2, 0.25) is 0 Å². The van der Waals surface area contributed by atoms with Crippen LogP contribution in [0.25, 0.3) is 5.69 Å². The maximum Gasteiger partial charge on any atom is 0.352 e. The first kappa shape index (κ1) is 12.6. The third-order valence-electron chi connectivity index (χ3n) is 2.42. The van der Waals surface area contributed by atoms with Crippen molar-refractivity contribution in [3.05, 3.63) is 46.4 Å². The van der Waals surface area contributed by atoms with E-state index < -0.39 is 11.8 Å². The largest absolute Gasteiger partial charge is 0.497 e. The molecule has 1 aromatic carbocycles. The predicted molar refractivity (Wildman–Crippen MR) is 66.9 cm³/mol. The highest BCUT2D eigenvalue weighted by atomic mass is 79.9. The normalized spacial score (nSPS) is 10.4. The number of ether oxygens (including phenoxy) is 1. The molecule has 0 aliphatic heterocycles. The molecule has 1 aromatic heterocycles. The van der Waals surface area contributed by atoms with Crippen molar-refractivity contribution in [2.75, 3.05) is 7.11 Å². The number of aromatic nitrogens is 1. The van der Waals surface area contributed by atoms with Crippen LogP contribution in [0.4, 0.5) is 4.39 Å². The Morgan fingerprint density at radius 1 is 1.44 bits per heavy atom. The van der Waals surface area contributed by atoms with Crippen molar-refractivity contribution in [3.63, 3.8) is 0 Å². The van der Waals surface area contributed by atoms with Gasteiger partial charge < -0.3 is 14.4 Å². The molecule has 2 aromatic rings. The minimum atomic E-state index is -1.14. The van der Waals surface area contributed by atoms with Crippen molar-refractivity contribution in [2.24, 2.45) is 0 Å². The average molecular weight is 314 g/mol. The lowest BCUT2D eigenvalue weighted by Crippen LogP contribution is -2.07. The Hall–Kier alpha value is -1.82. The van der Waals surface area contributed by atoms with Gasteiger partial charge in [-0.2, -0.15) is 0 Å². The molecule has 0 fully saturated rings. The van der Waals surface area contributed by atoms with Crippen LogP contribution in [-0.4, -0.2) is 22.8 Å². The summed E-state index contributed by atoms with van der Waals surface area (Å²) in [5.74, 6) is -1.21. The number of methoxy groups -OCH3 is 1. The van der Waals surface area contributed by atoms with Gasteiger partial charge in [0, 0.05) is 16.7 Å². The monoisotopic (exact) mass is 313 g/mol. The van der Waals surface area contributed by atoms with Gasteiger partial charge in [-0.1, -0.05) is 0 Å². The molecule has 0 aliphatic carbocycles. The number of carbonyl (C=O) groups is 1. The maximum atomic E-state index is 13.8. The molecule has 6 heteroatoms.